The number of piperazine rings is 1. The number of aromatic amines is 1. The molecule has 1 aliphatic rings. The Morgan fingerprint density at radius 3 is 2.07 bits per heavy atom. The zero-order chi connectivity index (χ0) is 20.6. The number of rotatable bonds is 2. The number of amides is 2. The number of halogens is 3. The molecule has 2 amide bonds. The number of fused-ring (bicyclic) bond motifs is 1. The van der Waals surface area contributed by atoms with Gasteiger partial charge in [-0.1, -0.05) is 12.1 Å². The van der Waals surface area contributed by atoms with E-state index in [1.807, 2.05) is 12.1 Å². The normalized spacial score (nSPS) is 15.0. The number of hydrogen-bond donors (Lipinski definition) is 1. The first-order valence-electron chi connectivity index (χ1n) is 9.16. The third-order valence-electron chi connectivity index (χ3n) is 5.09. The van der Waals surface area contributed by atoms with Crippen LogP contribution in [0, 0.1) is 0 Å². The molecule has 150 valence electrons. The monoisotopic (exact) mass is 401 g/mol. The van der Waals surface area contributed by atoms with Crippen LogP contribution in [-0.4, -0.2) is 52.8 Å². The van der Waals surface area contributed by atoms with Crippen LogP contribution in [0.15, 0.2) is 54.7 Å². The standard InChI is InChI=1S/C21H18F3N3O2/c22-21(23,24)17-3-1-2-15(12-17)19(28)26-8-10-27(11-9-26)20(29)16-5-4-14-6-7-25-18(14)13-16/h1-7,12-13,25H,8-11H2. The topological polar surface area (TPSA) is 56.4 Å². The number of carbonyl (C=O) groups excluding carboxylic acids is 2. The maximum atomic E-state index is 12.9. The molecule has 0 spiro atoms. The fraction of sp³-hybridized carbons (Fsp3) is 0.238. The first kappa shape index (κ1) is 19.0. The Hall–Kier alpha value is -3.29. The molecule has 2 aromatic carbocycles. The van der Waals surface area contributed by atoms with Crippen molar-refractivity contribution in [3.63, 3.8) is 0 Å². The van der Waals surface area contributed by atoms with E-state index >= 15 is 0 Å². The second-order valence-corrected chi connectivity index (χ2v) is 6.94. The largest absolute Gasteiger partial charge is 0.416 e. The molecule has 1 aromatic heterocycles. The molecule has 29 heavy (non-hydrogen) atoms. The average molecular weight is 401 g/mol. The lowest BCUT2D eigenvalue weighted by Crippen LogP contribution is -2.50. The van der Waals surface area contributed by atoms with Gasteiger partial charge in [0.1, 0.15) is 0 Å². The van der Waals surface area contributed by atoms with Crippen LogP contribution < -0.4 is 0 Å². The van der Waals surface area contributed by atoms with E-state index in [1.165, 1.54) is 17.0 Å². The van der Waals surface area contributed by atoms with Crippen molar-refractivity contribution in [2.75, 3.05) is 26.2 Å². The van der Waals surface area contributed by atoms with Gasteiger partial charge < -0.3 is 14.8 Å². The van der Waals surface area contributed by atoms with Gasteiger partial charge in [0.2, 0.25) is 0 Å². The number of H-pyrrole nitrogens is 1. The fourth-order valence-electron chi connectivity index (χ4n) is 3.49. The quantitative estimate of drug-likeness (QED) is 0.711. The van der Waals surface area contributed by atoms with Crippen molar-refractivity contribution >= 4 is 22.7 Å². The summed E-state index contributed by atoms with van der Waals surface area (Å²) in [4.78, 5) is 31.5. The molecule has 1 N–H and O–H groups in total. The molecular formula is C21H18F3N3O2. The Bertz CT molecular complexity index is 1070. The minimum atomic E-state index is -4.50. The highest BCUT2D eigenvalue weighted by atomic mass is 19.4. The summed E-state index contributed by atoms with van der Waals surface area (Å²) in [5.41, 5.74) is 0.570. The van der Waals surface area contributed by atoms with Crippen LogP contribution in [0.4, 0.5) is 13.2 Å². The Morgan fingerprint density at radius 2 is 1.45 bits per heavy atom. The Kier molecular flexibility index (Phi) is 4.77. The average Bonchev–Trinajstić information content (AvgIpc) is 3.20. The number of carbonyl (C=O) groups is 2. The molecule has 5 nitrogen and oxygen atoms in total. The maximum absolute atomic E-state index is 12.9. The van der Waals surface area contributed by atoms with Gasteiger partial charge in [-0.3, -0.25) is 9.59 Å². The first-order valence-corrected chi connectivity index (χ1v) is 9.16. The Balaban J connectivity index is 1.42. The summed E-state index contributed by atoms with van der Waals surface area (Å²) in [5.74, 6) is -0.594. The summed E-state index contributed by atoms with van der Waals surface area (Å²) in [6.07, 6.45) is -2.70. The molecule has 1 aliphatic heterocycles. The lowest BCUT2D eigenvalue weighted by atomic mass is 10.1. The van der Waals surface area contributed by atoms with Crippen LogP contribution in [0.1, 0.15) is 26.3 Å². The lowest BCUT2D eigenvalue weighted by Gasteiger charge is -2.35. The second kappa shape index (κ2) is 7.27. The van der Waals surface area contributed by atoms with Crippen LogP contribution >= 0.6 is 0 Å². The molecule has 0 saturated carbocycles. The highest BCUT2D eigenvalue weighted by Crippen LogP contribution is 2.30. The number of hydrogen-bond acceptors (Lipinski definition) is 2. The predicted octanol–water partition coefficient (Wildman–Crippen LogP) is 3.78. The van der Waals surface area contributed by atoms with Gasteiger partial charge in [0.05, 0.1) is 5.56 Å². The predicted molar refractivity (Wildman–Crippen MR) is 102 cm³/mol. The summed E-state index contributed by atoms with van der Waals surface area (Å²) in [6, 6.07) is 11.7. The zero-order valence-corrected chi connectivity index (χ0v) is 15.4. The molecular weight excluding hydrogens is 383 g/mol. The van der Waals surface area contributed by atoms with Gasteiger partial charge in [-0.25, -0.2) is 0 Å². The molecule has 8 heteroatoms. The van der Waals surface area contributed by atoms with E-state index in [4.69, 9.17) is 0 Å². The van der Waals surface area contributed by atoms with Crippen LogP contribution in [0.3, 0.4) is 0 Å². The van der Waals surface area contributed by atoms with E-state index in [2.05, 4.69) is 4.98 Å². The van der Waals surface area contributed by atoms with Gasteiger partial charge in [0, 0.05) is 49.0 Å². The van der Waals surface area contributed by atoms with Crippen molar-refractivity contribution in [2.24, 2.45) is 0 Å². The molecule has 0 bridgehead atoms. The van der Waals surface area contributed by atoms with Crippen LogP contribution in [0.5, 0.6) is 0 Å². The summed E-state index contributed by atoms with van der Waals surface area (Å²) in [5, 5.41) is 1.01. The van der Waals surface area contributed by atoms with Crippen molar-refractivity contribution in [2.45, 2.75) is 6.18 Å². The Morgan fingerprint density at radius 1 is 0.828 bits per heavy atom. The van der Waals surface area contributed by atoms with Gasteiger partial charge in [-0.05, 0) is 41.8 Å². The van der Waals surface area contributed by atoms with E-state index in [-0.39, 0.29) is 24.6 Å². The van der Waals surface area contributed by atoms with Crippen molar-refractivity contribution in [3.8, 4) is 0 Å². The van der Waals surface area contributed by atoms with E-state index in [9.17, 15) is 22.8 Å². The Labute approximate surface area is 164 Å². The fourth-order valence-corrected chi connectivity index (χ4v) is 3.49. The van der Waals surface area contributed by atoms with E-state index < -0.39 is 17.6 Å². The van der Waals surface area contributed by atoms with Crippen LogP contribution in [-0.2, 0) is 6.18 Å². The van der Waals surface area contributed by atoms with Gasteiger partial charge in [0.15, 0.2) is 0 Å². The van der Waals surface area contributed by atoms with Crippen molar-refractivity contribution in [1.29, 1.82) is 0 Å². The van der Waals surface area contributed by atoms with Gasteiger partial charge in [-0.15, -0.1) is 0 Å². The molecule has 1 saturated heterocycles. The molecule has 2 heterocycles. The highest BCUT2D eigenvalue weighted by molar-refractivity contribution is 5.98. The third kappa shape index (κ3) is 3.83. The summed E-state index contributed by atoms with van der Waals surface area (Å²) in [6.45, 7) is 1.19. The highest BCUT2D eigenvalue weighted by Gasteiger charge is 2.32. The molecule has 1 fully saturated rings. The maximum Gasteiger partial charge on any atom is 0.416 e. The summed E-state index contributed by atoms with van der Waals surface area (Å²) in [7, 11) is 0. The summed E-state index contributed by atoms with van der Waals surface area (Å²) < 4.78 is 38.6. The minimum Gasteiger partial charge on any atom is -0.361 e. The number of aromatic nitrogens is 1. The number of alkyl halides is 3. The number of nitrogens with one attached hydrogen (secondary N) is 1. The lowest BCUT2D eigenvalue weighted by molar-refractivity contribution is -0.137. The molecule has 0 radical (unpaired) electrons. The minimum absolute atomic E-state index is 0.00296. The summed E-state index contributed by atoms with van der Waals surface area (Å²) >= 11 is 0. The number of benzene rings is 2. The van der Waals surface area contributed by atoms with Gasteiger partial charge in [0.25, 0.3) is 11.8 Å². The molecule has 0 aliphatic carbocycles. The third-order valence-corrected chi connectivity index (χ3v) is 5.09. The van der Waals surface area contributed by atoms with Crippen molar-refractivity contribution < 1.29 is 22.8 Å². The molecule has 0 atom stereocenters. The first-order chi connectivity index (χ1) is 13.8. The molecule has 3 aromatic rings. The molecule has 4 rings (SSSR count). The smallest absolute Gasteiger partial charge is 0.361 e. The van der Waals surface area contributed by atoms with E-state index in [0.29, 0.717) is 18.7 Å². The van der Waals surface area contributed by atoms with Gasteiger partial charge >= 0.3 is 6.18 Å². The SMILES string of the molecule is O=C(c1cccc(C(F)(F)F)c1)N1CCN(C(=O)c2ccc3cc[nH]c3c2)CC1. The van der Waals surface area contributed by atoms with Crippen molar-refractivity contribution in [3.05, 3.63) is 71.4 Å². The second-order valence-electron chi connectivity index (χ2n) is 6.94. The van der Waals surface area contributed by atoms with Crippen LogP contribution in [0.25, 0.3) is 10.9 Å². The van der Waals surface area contributed by atoms with Crippen LogP contribution in [0.2, 0.25) is 0 Å². The van der Waals surface area contributed by atoms with E-state index in [1.54, 1.807) is 23.2 Å². The zero-order valence-electron chi connectivity index (χ0n) is 15.4. The number of nitrogens with zero attached hydrogens (tertiary/aromatic N) is 2. The van der Waals surface area contributed by atoms with E-state index in [0.717, 1.165) is 23.0 Å². The van der Waals surface area contributed by atoms with Crippen molar-refractivity contribution in [1.82, 2.24) is 14.8 Å². The molecule has 0 unspecified atom stereocenters. The van der Waals surface area contributed by atoms with Gasteiger partial charge in [-0.2, -0.15) is 13.2 Å².